The molecule has 3 N–H and O–H groups in total. The molecular formula is C15H23N3O. The van der Waals surface area contributed by atoms with Crippen LogP contribution < -0.4 is 11.1 Å². The highest BCUT2D eigenvalue weighted by molar-refractivity contribution is 5.96. The van der Waals surface area contributed by atoms with E-state index in [9.17, 15) is 4.79 Å². The van der Waals surface area contributed by atoms with E-state index in [1.165, 1.54) is 6.42 Å². The van der Waals surface area contributed by atoms with E-state index >= 15 is 0 Å². The standard InChI is InChI=1S/C15H23N3O/c1-9-4-10(2)6-13(5-9)18-15(19)14-7-12(16)8-17-11(14)3/h7-10,13H,4-6,16H2,1-3H3,(H,18,19). The first-order chi connectivity index (χ1) is 8.95. The molecule has 0 saturated heterocycles. The Balaban J connectivity index is 2.06. The van der Waals surface area contributed by atoms with Crippen LogP contribution in [-0.2, 0) is 0 Å². The highest BCUT2D eigenvalue weighted by Gasteiger charge is 2.25. The number of aromatic nitrogens is 1. The van der Waals surface area contributed by atoms with Crippen LogP contribution in [0.4, 0.5) is 5.69 Å². The van der Waals surface area contributed by atoms with E-state index in [1.807, 2.05) is 6.92 Å². The molecule has 4 nitrogen and oxygen atoms in total. The molecule has 1 fully saturated rings. The number of carbonyl (C=O) groups is 1. The lowest BCUT2D eigenvalue weighted by molar-refractivity contribution is 0.0910. The molecule has 0 bridgehead atoms. The summed E-state index contributed by atoms with van der Waals surface area (Å²) in [7, 11) is 0. The van der Waals surface area contributed by atoms with Crippen LogP contribution in [0.25, 0.3) is 0 Å². The predicted molar refractivity (Wildman–Crippen MR) is 76.8 cm³/mol. The van der Waals surface area contributed by atoms with Gasteiger partial charge in [-0.1, -0.05) is 13.8 Å². The predicted octanol–water partition coefficient (Wildman–Crippen LogP) is 2.53. The highest BCUT2D eigenvalue weighted by Crippen LogP contribution is 2.28. The molecule has 1 saturated carbocycles. The number of nitrogens with one attached hydrogen (secondary N) is 1. The first-order valence-corrected chi connectivity index (χ1v) is 6.98. The quantitative estimate of drug-likeness (QED) is 0.859. The minimum Gasteiger partial charge on any atom is -0.397 e. The van der Waals surface area contributed by atoms with E-state index in [2.05, 4.69) is 24.1 Å². The SMILES string of the molecule is Cc1ncc(N)cc1C(=O)NC1CC(C)CC(C)C1. The van der Waals surface area contributed by atoms with Crippen LogP contribution in [0.1, 0.15) is 49.2 Å². The van der Waals surface area contributed by atoms with Crippen LogP contribution in [-0.4, -0.2) is 16.9 Å². The number of hydrogen-bond acceptors (Lipinski definition) is 3. The van der Waals surface area contributed by atoms with E-state index in [-0.39, 0.29) is 11.9 Å². The first-order valence-electron chi connectivity index (χ1n) is 6.98. The second kappa shape index (κ2) is 5.59. The normalized spacial score (nSPS) is 27.0. The maximum atomic E-state index is 12.3. The molecule has 0 aromatic carbocycles. The van der Waals surface area contributed by atoms with Gasteiger partial charge in [0.15, 0.2) is 0 Å². The van der Waals surface area contributed by atoms with Crippen molar-refractivity contribution in [3.63, 3.8) is 0 Å². The number of hydrogen-bond donors (Lipinski definition) is 2. The average Bonchev–Trinajstić information content (AvgIpc) is 2.30. The summed E-state index contributed by atoms with van der Waals surface area (Å²) in [6.45, 7) is 6.34. The van der Waals surface area contributed by atoms with Gasteiger partial charge in [0.2, 0.25) is 0 Å². The molecule has 0 radical (unpaired) electrons. The van der Waals surface area contributed by atoms with Gasteiger partial charge in [-0.2, -0.15) is 0 Å². The Kier molecular flexibility index (Phi) is 4.08. The number of nitrogen functional groups attached to an aromatic ring is 1. The topological polar surface area (TPSA) is 68.0 Å². The maximum Gasteiger partial charge on any atom is 0.253 e. The molecule has 2 rings (SSSR count). The van der Waals surface area contributed by atoms with Crippen molar-refractivity contribution in [3.05, 3.63) is 23.5 Å². The average molecular weight is 261 g/mol. The van der Waals surface area contributed by atoms with Gasteiger partial charge in [0.25, 0.3) is 5.91 Å². The lowest BCUT2D eigenvalue weighted by atomic mass is 9.80. The van der Waals surface area contributed by atoms with Crippen molar-refractivity contribution < 1.29 is 4.79 Å². The fourth-order valence-electron chi connectivity index (χ4n) is 3.11. The summed E-state index contributed by atoms with van der Waals surface area (Å²) in [4.78, 5) is 16.4. The Morgan fingerprint density at radius 3 is 2.58 bits per heavy atom. The van der Waals surface area contributed by atoms with E-state index in [1.54, 1.807) is 12.3 Å². The molecule has 1 amide bonds. The summed E-state index contributed by atoms with van der Waals surface area (Å²) >= 11 is 0. The van der Waals surface area contributed by atoms with Crippen molar-refractivity contribution >= 4 is 11.6 Å². The van der Waals surface area contributed by atoms with Crippen molar-refractivity contribution in [2.75, 3.05) is 5.73 Å². The Bertz CT molecular complexity index is 462. The zero-order valence-electron chi connectivity index (χ0n) is 11.9. The summed E-state index contributed by atoms with van der Waals surface area (Å²) < 4.78 is 0. The number of aryl methyl sites for hydroxylation is 1. The van der Waals surface area contributed by atoms with E-state index in [0.29, 0.717) is 23.1 Å². The number of pyridine rings is 1. The minimum atomic E-state index is -0.0522. The number of nitrogens with zero attached hydrogens (tertiary/aromatic N) is 1. The van der Waals surface area contributed by atoms with Crippen molar-refractivity contribution in [2.45, 2.75) is 46.1 Å². The van der Waals surface area contributed by atoms with Gasteiger partial charge in [-0.3, -0.25) is 9.78 Å². The number of anilines is 1. The second-order valence-corrected chi connectivity index (χ2v) is 5.99. The van der Waals surface area contributed by atoms with Gasteiger partial charge < -0.3 is 11.1 Å². The molecule has 19 heavy (non-hydrogen) atoms. The molecule has 0 spiro atoms. The molecular weight excluding hydrogens is 238 g/mol. The van der Waals surface area contributed by atoms with E-state index in [4.69, 9.17) is 5.73 Å². The molecule has 1 aliphatic rings. The molecule has 1 heterocycles. The van der Waals surface area contributed by atoms with Gasteiger partial charge >= 0.3 is 0 Å². The van der Waals surface area contributed by atoms with Crippen molar-refractivity contribution in [3.8, 4) is 0 Å². The smallest absolute Gasteiger partial charge is 0.253 e. The molecule has 4 heteroatoms. The molecule has 2 unspecified atom stereocenters. The molecule has 1 aromatic rings. The Morgan fingerprint density at radius 1 is 1.32 bits per heavy atom. The van der Waals surface area contributed by atoms with Crippen molar-refractivity contribution in [1.82, 2.24) is 10.3 Å². The summed E-state index contributed by atoms with van der Waals surface area (Å²) in [5.41, 5.74) is 7.54. The second-order valence-electron chi connectivity index (χ2n) is 5.99. The summed E-state index contributed by atoms with van der Waals surface area (Å²) in [5.74, 6) is 1.30. The Hall–Kier alpha value is -1.58. The van der Waals surface area contributed by atoms with E-state index < -0.39 is 0 Å². The lowest BCUT2D eigenvalue weighted by Crippen LogP contribution is -2.40. The third kappa shape index (κ3) is 3.46. The van der Waals surface area contributed by atoms with Gasteiger partial charge in [-0.25, -0.2) is 0 Å². The number of carbonyl (C=O) groups excluding carboxylic acids is 1. The first kappa shape index (κ1) is 13.8. The fraction of sp³-hybridized carbons (Fsp3) is 0.600. The minimum absolute atomic E-state index is 0.0522. The van der Waals surface area contributed by atoms with Gasteiger partial charge in [-0.15, -0.1) is 0 Å². The Labute approximate surface area is 114 Å². The van der Waals surface area contributed by atoms with Crippen LogP contribution >= 0.6 is 0 Å². The monoisotopic (exact) mass is 261 g/mol. The number of rotatable bonds is 2. The lowest BCUT2D eigenvalue weighted by Gasteiger charge is -2.32. The maximum absolute atomic E-state index is 12.3. The zero-order valence-corrected chi connectivity index (χ0v) is 11.9. The fourth-order valence-corrected chi connectivity index (χ4v) is 3.11. The van der Waals surface area contributed by atoms with Gasteiger partial charge in [0.1, 0.15) is 0 Å². The third-order valence-electron chi connectivity index (χ3n) is 3.87. The molecule has 2 atom stereocenters. The van der Waals surface area contributed by atoms with Crippen LogP contribution in [0.15, 0.2) is 12.3 Å². The zero-order chi connectivity index (χ0) is 14.0. The van der Waals surface area contributed by atoms with E-state index in [0.717, 1.165) is 18.5 Å². The molecule has 1 aromatic heterocycles. The van der Waals surface area contributed by atoms with Crippen LogP contribution in [0.2, 0.25) is 0 Å². The van der Waals surface area contributed by atoms with Crippen molar-refractivity contribution in [2.24, 2.45) is 11.8 Å². The molecule has 104 valence electrons. The van der Waals surface area contributed by atoms with Gasteiger partial charge in [-0.05, 0) is 44.1 Å². The summed E-state index contributed by atoms with van der Waals surface area (Å²) in [6.07, 6.45) is 4.96. The Morgan fingerprint density at radius 2 is 1.95 bits per heavy atom. The summed E-state index contributed by atoms with van der Waals surface area (Å²) in [5, 5.41) is 3.13. The largest absolute Gasteiger partial charge is 0.397 e. The molecule has 0 aliphatic heterocycles. The number of nitrogens with two attached hydrogens (primary N) is 1. The van der Waals surface area contributed by atoms with Gasteiger partial charge in [0.05, 0.1) is 23.1 Å². The highest BCUT2D eigenvalue weighted by atomic mass is 16.1. The van der Waals surface area contributed by atoms with Crippen LogP contribution in [0, 0.1) is 18.8 Å². The van der Waals surface area contributed by atoms with Crippen LogP contribution in [0.3, 0.4) is 0 Å². The van der Waals surface area contributed by atoms with Gasteiger partial charge in [0, 0.05) is 6.04 Å². The summed E-state index contributed by atoms with van der Waals surface area (Å²) in [6, 6.07) is 1.97. The number of amides is 1. The van der Waals surface area contributed by atoms with Crippen LogP contribution in [0.5, 0.6) is 0 Å². The molecule has 1 aliphatic carbocycles. The third-order valence-corrected chi connectivity index (χ3v) is 3.87. The van der Waals surface area contributed by atoms with Crippen molar-refractivity contribution in [1.29, 1.82) is 0 Å².